The van der Waals surface area contributed by atoms with Crippen molar-refractivity contribution in [1.29, 1.82) is 0 Å². The highest BCUT2D eigenvalue weighted by molar-refractivity contribution is 5.94. The summed E-state index contributed by atoms with van der Waals surface area (Å²) in [5.74, 6) is 1.07. The lowest BCUT2D eigenvalue weighted by Gasteiger charge is -2.25. The van der Waals surface area contributed by atoms with Gasteiger partial charge in [-0.2, -0.15) is 0 Å². The van der Waals surface area contributed by atoms with E-state index in [1.54, 1.807) is 0 Å². The number of hydrogen-bond acceptors (Lipinski definition) is 2. The van der Waals surface area contributed by atoms with Gasteiger partial charge in [-0.25, -0.2) is 0 Å². The van der Waals surface area contributed by atoms with Gasteiger partial charge in [-0.1, -0.05) is 42.5 Å². The van der Waals surface area contributed by atoms with E-state index in [1.807, 2.05) is 28.9 Å². The number of carbonyl (C=O) groups is 2. The minimum Gasteiger partial charge on any atom is -0.342 e. The van der Waals surface area contributed by atoms with E-state index in [4.69, 9.17) is 0 Å². The van der Waals surface area contributed by atoms with Crippen LogP contribution in [0.5, 0.6) is 0 Å². The average Bonchev–Trinajstić information content (AvgIpc) is 3.37. The maximum absolute atomic E-state index is 13.1. The summed E-state index contributed by atoms with van der Waals surface area (Å²) in [6.45, 7) is 5.09. The van der Waals surface area contributed by atoms with Crippen LogP contribution < -0.4 is 0 Å². The van der Waals surface area contributed by atoms with E-state index < -0.39 is 0 Å². The number of rotatable bonds is 6. The van der Waals surface area contributed by atoms with Crippen LogP contribution in [0.25, 0.3) is 17.2 Å². The minimum absolute atomic E-state index is 0.0826. The summed E-state index contributed by atoms with van der Waals surface area (Å²) in [6, 6.07) is 14.6. The Morgan fingerprint density at radius 2 is 1.81 bits per heavy atom. The zero-order valence-corrected chi connectivity index (χ0v) is 18.2. The summed E-state index contributed by atoms with van der Waals surface area (Å²) in [5, 5.41) is 0. The van der Waals surface area contributed by atoms with Crippen molar-refractivity contribution >= 4 is 17.9 Å². The summed E-state index contributed by atoms with van der Waals surface area (Å²) in [7, 11) is 0. The Hall–Kier alpha value is -2.88. The van der Waals surface area contributed by atoms with Crippen LogP contribution >= 0.6 is 0 Å². The Labute approximate surface area is 184 Å². The van der Waals surface area contributed by atoms with Crippen molar-refractivity contribution in [1.82, 2.24) is 9.80 Å². The summed E-state index contributed by atoms with van der Waals surface area (Å²) in [5.41, 5.74) is 5.73. The molecule has 1 saturated carbocycles. The largest absolute Gasteiger partial charge is 0.342 e. The van der Waals surface area contributed by atoms with Gasteiger partial charge in [0.2, 0.25) is 5.91 Å². The monoisotopic (exact) mass is 414 g/mol. The summed E-state index contributed by atoms with van der Waals surface area (Å²) in [6.07, 6.45) is 8.47. The maximum atomic E-state index is 13.1. The lowest BCUT2D eigenvalue weighted by molar-refractivity contribution is -0.131. The molecule has 160 valence electrons. The molecule has 4 nitrogen and oxygen atoms in total. The third-order valence-electron chi connectivity index (χ3n) is 6.91. The van der Waals surface area contributed by atoms with Crippen molar-refractivity contribution < 1.29 is 9.59 Å². The molecule has 0 radical (unpaired) electrons. The van der Waals surface area contributed by atoms with E-state index in [1.165, 1.54) is 16.7 Å². The van der Waals surface area contributed by atoms with Crippen molar-refractivity contribution in [3.63, 3.8) is 0 Å². The van der Waals surface area contributed by atoms with Crippen molar-refractivity contribution in [2.75, 3.05) is 26.2 Å². The van der Waals surface area contributed by atoms with Crippen molar-refractivity contribution in [2.45, 2.75) is 32.6 Å². The SMILES string of the molecule is CCN(C[C@@H]1CCN(C(=O)C2CC2)C1)C(=O)c1ccc(-c2ccc3c(c2)CC=C3)cc1. The van der Waals surface area contributed by atoms with Gasteiger partial charge in [-0.15, -0.1) is 0 Å². The highest BCUT2D eigenvalue weighted by Gasteiger charge is 2.37. The molecular formula is C27H30N2O2. The van der Waals surface area contributed by atoms with Gasteiger partial charge >= 0.3 is 0 Å². The molecule has 1 atom stereocenters. The zero-order valence-electron chi connectivity index (χ0n) is 18.2. The number of nitrogens with zero attached hydrogens (tertiary/aromatic N) is 2. The molecule has 31 heavy (non-hydrogen) atoms. The number of fused-ring (bicyclic) bond motifs is 1. The molecule has 0 bridgehead atoms. The van der Waals surface area contributed by atoms with Gasteiger partial charge < -0.3 is 9.80 Å². The molecule has 0 spiro atoms. The third kappa shape index (κ3) is 4.16. The van der Waals surface area contributed by atoms with E-state index in [-0.39, 0.29) is 11.8 Å². The smallest absolute Gasteiger partial charge is 0.253 e. The zero-order chi connectivity index (χ0) is 21.4. The molecule has 5 rings (SSSR count). The van der Waals surface area contributed by atoms with E-state index in [9.17, 15) is 9.59 Å². The molecule has 3 aliphatic rings. The summed E-state index contributed by atoms with van der Waals surface area (Å²) in [4.78, 5) is 29.4. The molecule has 1 saturated heterocycles. The molecule has 0 N–H and O–H groups in total. The Balaban J connectivity index is 1.23. The fourth-order valence-corrected chi connectivity index (χ4v) is 4.86. The van der Waals surface area contributed by atoms with Crippen LogP contribution in [0.1, 0.15) is 47.7 Å². The third-order valence-corrected chi connectivity index (χ3v) is 6.91. The first-order valence-corrected chi connectivity index (χ1v) is 11.6. The van der Waals surface area contributed by atoms with Crippen LogP contribution in [0.3, 0.4) is 0 Å². The Bertz CT molecular complexity index is 1020. The van der Waals surface area contributed by atoms with Crippen LogP contribution in [0.2, 0.25) is 0 Å². The normalized spacial score (nSPS) is 19.5. The number of likely N-dealkylation sites (tertiary alicyclic amines) is 1. The van der Waals surface area contributed by atoms with Crippen LogP contribution in [-0.4, -0.2) is 47.8 Å². The number of amides is 2. The second-order valence-corrected chi connectivity index (χ2v) is 9.15. The molecule has 4 heteroatoms. The van der Waals surface area contributed by atoms with Crippen molar-refractivity contribution in [3.05, 3.63) is 65.2 Å². The molecule has 2 fully saturated rings. The number of hydrogen-bond donors (Lipinski definition) is 0. The van der Waals surface area contributed by atoms with Gasteiger partial charge in [-0.3, -0.25) is 9.59 Å². The van der Waals surface area contributed by atoms with Gasteiger partial charge in [0.05, 0.1) is 0 Å². The molecule has 1 heterocycles. The molecule has 0 unspecified atom stereocenters. The lowest BCUT2D eigenvalue weighted by atomic mass is 9.99. The highest BCUT2D eigenvalue weighted by Crippen LogP contribution is 2.33. The fraction of sp³-hybridized carbons (Fsp3) is 0.407. The predicted molar refractivity (Wildman–Crippen MR) is 124 cm³/mol. The molecule has 2 aromatic rings. The maximum Gasteiger partial charge on any atom is 0.253 e. The minimum atomic E-state index is 0.0826. The predicted octanol–water partition coefficient (Wildman–Crippen LogP) is 4.64. The molecule has 2 aliphatic carbocycles. The first-order chi connectivity index (χ1) is 15.1. The van der Waals surface area contributed by atoms with Crippen molar-refractivity contribution in [2.24, 2.45) is 11.8 Å². The summed E-state index contributed by atoms with van der Waals surface area (Å²) < 4.78 is 0. The number of allylic oxidation sites excluding steroid dienone is 1. The van der Waals surface area contributed by atoms with Crippen LogP contribution in [0, 0.1) is 11.8 Å². The standard InChI is InChI=1S/C27H30N2O2/c1-2-28(17-19-14-15-29(18-19)27(31)23-11-12-23)26(30)22-9-6-21(7-10-22)25-13-8-20-4-3-5-24(20)16-25/h3-4,6-10,13,16,19,23H,2,5,11-12,14-15,17-18H2,1H3/t19-/m0/s1. The lowest BCUT2D eigenvalue weighted by Crippen LogP contribution is -2.37. The second kappa shape index (κ2) is 8.33. The number of carbonyl (C=O) groups excluding carboxylic acids is 2. The van der Waals surface area contributed by atoms with Crippen LogP contribution in [0.4, 0.5) is 0 Å². The molecule has 2 amide bonds. The van der Waals surface area contributed by atoms with Crippen LogP contribution in [0.15, 0.2) is 48.5 Å². The quantitative estimate of drug-likeness (QED) is 0.691. The molecular weight excluding hydrogens is 384 g/mol. The van der Waals surface area contributed by atoms with E-state index in [0.717, 1.165) is 56.4 Å². The molecule has 2 aromatic carbocycles. The van der Waals surface area contributed by atoms with Gasteiger partial charge in [0.1, 0.15) is 0 Å². The first-order valence-electron chi connectivity index (χ1n) is 11.6. The fourth-order valence-electron chi connectivity index (χ4n) is 4.86. The van der Waals surface area contributed by atoms with Crippen LogP contribution in [-0.2, 0) is 11.2 Å². The van der Waals surface area contributed by atoms with E-state index in [2.05, 4.69) is 42.5 Å². The van der Waals surface area contributed by atoms with E-state index >= 15 is 0 Å². The Morgan fingerprint density at radius 3 is 2.55 bits per heavy atom. The second-order valence-electron chi connectivity index (χ2n) is 9.15. The van der Waals surface area contributed by atoms with Gasteiger partial charge in [0, 0.05) is 37.7 Å². The van der Waals surface area contributed by atoms with Gasteiger partial charge in [-0.05, 0) is 72.9 Å². The topological polar surface area (TPSA) is 40.6 Å². The average molecular weight is 415 g/mol. The Morgan fingerprint density at radius 1 is 1.03 bits per heavy atom. The molecule has 0 aromatic heterocycles. The Kier molecular flexibility index (Phi) is 5.39. The van der Waals surface area contributed by atoms with Gasteiger partial charge in [0.15, 0.2) is 0 Å². The molecule has 1 aliphatic heterocycles. The van der Waals surface area contributed by atoms with Crippen molar-refractivity contribution in [3.8, 4) is 11.1 Å². The summed E-state index contributed by atoms with van der Waals surface area (Å²) >= 11 is 0. The van der Waals surface area contributed by atoms with E-state index in [0.29, 0.717) is 18.4 Å². The number of benzene rings is 2. The van der Waals surface area contributed by atoms with Gasteiger partial charge in [0.25, 0.3) is 5.91 Å². The first kappa shape index (κ1) is 20.0. The highest BCUT2D eigenvalue weighted by atomic mass is 16.2.